The van der Waals surface area contributed by atoms with E-state index in [1.807, 2.05) is 0 Å². The molecule has 0 saturated heterocycles. The first-order valence-corrected chi connectivity index (χ1v) is 6.75. The molecule has 0 spiro atoms. The Kier molecular flexibility index (Phi) is 5.16. The van der Waals surface area contributed by atoms with Crippen molar-refractivity contribution in [1.29, 1.82) is 0 Å². The zero-order chi connectivity index (χ0) is 18.6. The van der Waals surface area contributed by atoms with Crippen LogP contribution in [0.5, 0.6) is 11.5 Å². The molecule has 132 valence electrons. The number of ether oxygens (including phenoxy) is 2. The standard InChI is InChI=1S/C16H11F3O6/c17-16(18,19)13(9-1-5-11(6-2-9)24-14(20)21)10-3-7-12(8-4-10)25-15(22)23/h1-8,13H,(H,20,21)(H,22,23). The van der Waals surface area contributed by atoms with Crippen LogP contribution in [-0.2, 0) is 0 Å². The summed E-state index contributed by atoms with van der Waals surface area (Å²) in [6.07, 6.45) is -7.77. The first-order valence-electron chi connectivity index (χ1n) is 6.75. The average Bonchev–Trinajstić information content (AvgIpc) is 2.48. The summed E-state index contributed by atoms with van der Waals surface area (Å²) in [6, 6.07) is 8.90. The molecule has 2 rings (SSSR count). The van der Waals surface area contributed by atoms with E-state index >= 15 is 0 Å². The lowest BCUT2D eigenvalue weighted by Crippen LogP contribution is -2.22. The predicted molar refractivity (Wildman–Crippen MR) is 78.1 cm³/mol. The van der Waals surface area contributed by atoms with Crippen LogP contribution >= 0.6 is 0 Å². The smallest absolute Gasteiger partial charge is 0.449 e. The van der Waals surface area contributed by atoms with Crippen molar-refractivity contribution in [3.8, 4) is 11.5 Å². The normalized spacial score (nSPS) is 11.2. The molecule has 2 aromatic carbocycles. The summed E-state index contributed by atoms with van der Waals surface area (Å²) in [5.41, 5.74) is -0.255. The molecule has 0 atom stereocenters. The fourth-order valence-electron chi connectivity index (χ4n) is 2.23. The average molecular weight is 356 g/mol. The number of rotatable bonds is 4. The molecule has 0 saturated carbocycles. The molecule has 2 N–H and O–H groups in total. The Morgan fingerprint density at radius 2 is 1.08 bits per heavy atom. The molecule has 9 heteroatoms. The molecule has 0 aliphatic carbocycles. The van der Waals surface area contributed by atoms with Crippen molar-refractivity contribution in [2.24, 2.45) is 0 Å². The van der Waals surface area contributed by atoms with Gasteiger partial charge >= 0.3 is 18.5 Å². The third-order valence-corrected chi connectivity index (χ3v) is 3.16. The van der Waals surface area contributed by atoms with Crippen molar-refractivity contribution in [3.63, 3.8) is 0 Å². The number of alkyl halides is 3. The van der Waals surface area contributed by atoms with E-state index in [-0.39, 0.29) is 22.6 Å². The van der Waals surface area contributed by atoms with Gasteiger partial charge in [-0.15, -0.1) is 0 Å². The Bertz CT molecular complexity index is 693. The zero-order valence-electron chi connectivity index (χ0n) is 12.4. The molecule has 25 heavy (non-hydrogen) atoms. The molecule has 0 fully saturated rings. The molecule has 0 unspecified atom stereocenters. The summed E-state index contributed by atoms with van der Waals surface area (Å²) < 4.78 is 49.1. The summed E-state index contributed by atoms with van der Waals surface area (Å²) in [5, 5.41) is 17.0. The SMILES string of the molecule is O=C(O)Oc1ccc(C(c2ccc(OC(=O)O)cc2)C(F)(F)F)cc1. The Labute approximate surface area is 139 Å². The highest BCUT2D eigenvalue weighted by atomic mass is 19.4. The largest absolute Gasteiger partial charge is 0.511 e. The Hall–Kier alpha value is -3.23. The zero-order valence-corrected chi connectivity index (χ0v) is 12.4. The maximum Gasteiger partial charge on any atom is 0.511 e. The number of halogens is 3. The number of hydrogen-bond donors (Lipinski definition) is 2. The van der Waals surface area contributed by atoms with Crippen LogP contribution in [-0.4, -0.2) is 28.7 Å². The van der Waals surface area contributed by atoms with E-state index in [1.54, 1.807) is 0 Å². The van der Waals surface area contributed by atoms with E-state index in [9.17, 15) is 22.8 Å². The van der Waals surface area contributed by atoms with Crippen LogP contribution in [0.25, 0.3) is 0 Å². The highest BCUT2D eigenvalue weighted by Crippen LogP contribution is 2.40. The number of carboxylic acid groups (broad SMARTS) is 2. The van der Waals surface area contributed by atoms with Gasteiger partial charge in [-0.2, -0.15) is 13.2 Å². The minimum atomic E-state index is -4.62. The van der Waals surface area contributed by atoms with Crippen LogP contribution in [0.2, 0.25) is 0 Å². The predicted octanol–water partition coefficient (Wildman–Crippen LogP) is 4.49. The molecule has 0 aromatic heterocycles. The lowest BCUT2D eigenvalue weighted by Gasteiger charge is -2.21. The first-order chi connectivity index (χ1) is 11.7. The van der Waals surface area contributed by atoms with Gasteiger partial charge in [0.15, 0.2) is 0 Å². The minimum absolute atomic E-state index is 0.109. The van der Waals surface area contributed by atoms with Crippen molar-refractivity contribution in [2.75, 3.05) is 0 Å². The molecule has 0 radical (unpaired) electrons. The summed E-state index contributed by atoms with van der Waals surface area (Å²) >= 11 is 0. The fourth-order valence-corrected chi connectivity index (χ4v) is 2.23. The first kappa shape index (κ1) is 18.1. The van der Waals surface area contributed by atoms with E-state index in [1.165, 1.54) is 0 Å². The van der Waals surface area contributed by atoms with Gasteiger partial charge in [0.25, 0.3) is 0 Å². The molecule has 0 aliphatic heterocycles. The van der Waals surface area contributed by atoms with Crippen molar-refractivity contribution < 1.29 is 42.4 Å². The Morgan fingerprint density at radius 1 is 0.760 bits per heavy atom. The number of hydrogen-bond acceptors (Lipinski definition) is 4. The van der Waals surface area contributed by atoms with Gasteiger partial charge in [-0.05, 0) is 35.4 Å². The van der Waals surface area contributed by atoms with Gasteiger partial charge in [0.2, 0.25) is 0 Å². The Morgan fingerprint density at radius 3 is 1.32 bits per heavy atom. The minimum Gasteiger partial charge on any atom is -0.449 e. The van der Waals surface area contributed by atoms with E-state index < -0.39 is 24.4 Å². The molecular formula is C16H11F3O6. The second-order valence-electron chi connectivity index (χ2n) is 4.85. The van der Waals surface area contributed by atoms with E-state index in [0.29, 0.717) is 0 Å². The fraction of sp³-hybridized carbons (Fsp3) is 0.125. The third kappa shape index (κ3) is 4.87. The topological polar surface area (TPSA) is 93.1 Å². The summed E-state index contributed by atoms with van der Waals surface area (Å²) in [5.74, 6) is -2.20. The summed E-state index contributed by atoms with van der Waals surface area (Å²) in [4.78, 5) is 20.8. The van der Waals surface area contributed by atoms with Crippen LogP contribution in [0.15, 0.2) is 48.5 Å². The van der Waals surface area contributed by atoms with Crippen LogP contribution in [0, 0.1) is 0 Å². The van der Waals surface area contributed by atoms with Crippen molar-refractivity contribution in [2.45, 2.75) is 12.1 Å². The second-order valence-corrected chi connectivity index (χ2v) is 4.85. The molecule has 0 amide bonds. The van der Waals surface area contributed by atoms with Crippen molar-refractivity contribution in [3.05, 3.63) is 59.7 Å². The molecule has 0 aliphatic rings. The van der Waals surface area contributed by atoms with Gasteiger partial charge in [0, 0.05) is 0 Å². The number of carbonyl (C=O) groups is 2. The highest BCUT2D eigenvalue weighted by Gasteiger charge is 2.41. The lowest BCUT2D eigenvalue weighted by atomic mass is 9.90. The van der Waals surface area contributed by atoms with Crippen LogP contribution in [0.3, 0.4) is 0 Å². The molecule has 0 heterocycles. The van der Waals surface area contributed by atoms with Crippen LogP contribution in [0.4, 0.5) is 22.8 Å². The number of benzene rings is 2. The van der Waals surface area contributed by atoms with Crippen LogP contribution in [0.1, 0.15) is 17.0 Å². The highest BCUT2D eigenvalue weighted by molar-refractivity contribution is 5.61. The lowest BCUT2D eigenvalue weighted by molar-refractivity contribution is -0.141. The van der Waals surface area contributed by atoms with Gasteiger partial charge in [-0.25, -0.2) is 9.59 Å². The van der Waals surface area contributed by atoms with Crippen molar-refractivity contribution >= 4 is 12.3 Å². The second kappa shape index (κ2) is 7.12. The molecule has 2 aromatic rings. The van der Waals surface area contributed by atoms with Gasteiger partial charge in [-0.1, -0.05) is 24.3 Å². The summed E-state index contributed by atoms with van der Waals surface area (Å²) in [6.45, 7) is 0. The third-order valence-electron chi connectivity index (χ3n) is 3.16. The van der Waals surface area contributed by atoms with Crippen LogP contribution < -0.4 is 9.47 Å². The quantitative estimate of drug-likeness (QED) is 0.619. The van der Waals surface area contributed by atoms with Gasteiger partial charge in [0.05, 0.1) is 0 Å². The monoisotopic (exact) mass is 356 g/mol. The Balaban J connectivity index is 2.33. The van der Waals surface area contributed by atoms with E-state index in [0.717, 1.165) is 48.5 Å². The van der Waals surface area contributed by atoms with Gasteiger partial charge in [-0.3, -0.25) is 0 Å². The summed E-state index contributed by atoms with van der Waals surface area (Å²) in [7, 11) is 0. The van der Waals surface area contributed by atoms with Crippen molar-refractivity contribution in [1.82, 2.24) is 0 Å². The van der Waals surface area contributed by atoms with E-state index in [4.69, 9.17) is 10.2 Å². The van der Waals surface area contributed by atoms with E-state index in [2.05, 4.69) is 9.47 Å². The van der Waals surface area contributed by atoms with Gasteiger partial charge in [0.1, 0.15) is 17.4 Å². The maximum absolute atomic E-state index is 13.5. The van der Waals surface area contributed by atoms with Gasteiger partial charge < -0.3 is 19.7 Å². The molecule has 0 bridgehead atoms. The maximum atomic E-state index is 13.5. The molecular weight excluding hydrogens is 345 g/mol. The molecule has 6 nitrogen and oxygen atoms in total.